The number of amides is 2. The molecule has 1 unspecified atom stereocenters. The van der Waals surface area contributed by atoms with Crippen molar-refractivity contribution in [2.45, 2.75) is 39.7 Å². The highest BCUT2D eigenvalue weighted by Gasteiger charge is 2.28. The van der Waals surface area contributed by atoms with Gasteiger partial charge in [-0.05, 0) is 50.3 Å². The molecule has 0 bridgehead atoms. The van der Waals surface area contributed by atoms with E-state index in [-0.39, 0.29) is 23.8 Å². The number of aryl methyl sites for hydroxylation is 2. The van der Waals surface area contributed by atoms with Crippen molar-refractivity contribution < 1.29 is 14.5 Å². The van der Waals surface area contributed by atoms with Crippen LogP contribution >= 0.6 is 0 Å². The molecule has 0 saturated carbocycles. The van der Waals surface area contributed by atoms with Crippen molar-refractivity contribution in [1.82, 2.24) is 5.32 Å². The SMILES string of the molecule is Cc1ccc([C@H](C)NC(=O)C[NH+]2CCC[C@H](C(N)=O)C2)cc1C. The van der Waals surface area contributed by atoms with Crippen LogP contribution in [0.25, 0.3) is 0 Å². The molecule has 0 spiro atoms. The summed E-state index contributed by atoms with van der Waals surface area (Å²) in [5.41, 5.74) is 8.99. The normalized spacial score (nSPS) is 22.4. The first kappa shape index (κ1) is 17.5. The molecule has 5 heteroatoms. The van der Waals surface area contributed by atoms with E-state index in [0.717, 1.165) is 29.8 Å². The molecule has 126 valence electrons. The first-order valence-corrected chi connectivity index (χ1v) is 8.36. The van der Waals surface area contributed by atoms with Gasteiger partial charge < -0.3 is 16.0 Å². The van der Waals surface area contributed by atoms with E-state index in [9.17, 15) is 9.59 Å². The second kappa shape index (κ2) is 7.59. The number of nitrogens with two attached hydrogens (primary N) is 1. The van der Waals surface area contributed by atoms with E-state index in [2.05, 4.69) is 37.4 Å². The van der Waals surface area contributed by atoms with Crippen LogP contribution in [-0.4, -0.2) is 31.4 Å². The summed E-state index contributed by atoms with van der Waals surface area (Å²) in [6, 6.07) is 6.25. The fourth-order valence-electron chi connectivity index (χ4n) is 3.19. The van der Waals surface area contributed by atoms with Gasteiger partial charge in [0.2, 0.25) is 5.91 Å². The summed E-state index contributed by atoms with van der Waals surface area (Å²) in [4.78, 5) is 24.7. The lowest BCUT2D eigenvalue weighted by Gasteiger charge is -2.28. The molecule has 1 aliphatic rings. The Labute approximate surface area is 138 Å². The third kappa shape index (κ3) is 4.79. The van der Waals surface area contributed by atoms with Gasteiger partial charge in [0.05, 0.1) is 25.0 Å². The van der Waals surface area contributed by atoms with E-state index in [0.29, 0.717) is 13.1 Å². The fourth-order valence-corrected chi connectivity index (χ4v) is 3.19. The van der Waals surface area contributed by atoms with Crippen LogP contribution in [0.15, 0.2) is 18.2 Å². The van der Waals surface area contributed by atoms with Crippen LogP contribution in [0.4, 0.5) is 0 Å². The molecular formula is C18H28N3O2+. The van der Waals surface area contributed by atoms with Crippen LogP contribution in [0, 0.1) is 19.8 Å². The summed E-state index contributed by atoms with van der Waals surface area (Å²) in [5.74, 6) is -0.314. The van der Waals surface area contributed by atoms with E-state index < -0.39 is 0 Å². The van der Waals surface area contributed by atoms with Crippen LogP contribution in [-0.2, 0) is 9.59 Å². The molecule has 0 aliphatic carbocycles. The Hall–Kier alpha value is -1.88. The Morgan fingerprint density at radius 3 is 2.74 bits per heavy atom. The Bertz CT molecular complexity index is 586. The van der Waals surface area contributed by atoms with Gasteiger partial charge in [0, 0.05) is 0 Å². The molecule has 1 aromatic rings. The van der Waals surface area contributed by atoms with Gasteiger partial charge in [0.15, 0.2) is 6.54 Å². The van der Waals surface area contributed by atoms with Gasteiger partial charge in [-0.15, -0.1) is 0 Å². The van der Waals surface area contributed by atoms with E-state index >= 15 is 0 Å². The van der Waals surface area contributed by atoms with Gasteiger partial charge in [-0.2, -0.15) is 0 Å². The fraction of sp³-hybridized carbons (Fsp3) is 0.556. The van der Waals surface area contributed by atoms with Crippen molar-refractivity contribution >= 4 is 11.8 Å². The van der Waals surface area contributed by atoms with Crippen LogP contribution in [0.3, 0.4) is 0 Å². The van der Waals surface area contributed by atoms with E-state index in [4.69, 9.17) is 5.73 Å². The maximum atomic E-state index is 12.3. The molecule has 1 heterocycles. The van der Waals surface area contributed by atoms with Gasteiger partial charge in [-0.3, -0.25) is 9.59 Å². The van der Waals surface area contributed by atoms with E-state index in [1.165, 1.54) is 11.1 Å². The largest absolute Gasteiger partial charge is 0.369 e. The number of primary amides is 1. The predicted molar refractivity (Wildman–Crippen MR) is 90.0 cm³/mol. The molecule has 1 fully saturated rings. The predicted octanol–water partition coefficient (Wildman–Crippen LogP) is 0.261. The van der Waals surface area contributed by atoms with Gasteiger partial charge in [-0.25, -0.2) is 0 Å². The molecule has 0 radical (unpaired) electrons. The van der Waals surface area contributed by atoms with Crippen molar-refractivity contribution in [3.63, 3.8) is 0 Å². The minimum Gasteiger partial charge on any atom is -0.369 e. The first-order chi connectivity index (χ1) is 10.9. The smallest absolute Gasteiger partial charge is 0.275 e. The molecule has 1 aromatic carbocycles. The molecular weight excluding hydrogens is 290 g/mol. The van der Waals surface area contributed by atoms with Crippen LogP contribution in [0.2, 0.25) is 0 Å². The number of hydrogen-bond donors (Lipinski definition) is 3. The lowest BCUT2D eigenvalue weighted by Crippen LogP contribution is -3.15. The molecule has 1 aliphatic heterocycles. The monoisotopic (exact) mass is 318 g/mol. The van der Waals surface area contributed by atoms with Crippen LogP contribution in [0.5, 0.6) is 0 Å². The summed E-state index contributed by atoms with van der Waals surface area (Å²) < 4.78 is 0. The summed E-state index contributed by atoms with van der Waals surface area (Å²) in [5, 5.41) is 3.06. The number of hydrogen-bond acceptors (Lipinski definition) is 2. The van der Waals surface area contributed by atoms with Gasteiger partial charge in [0.25, 0.3) is 5.91 Å². The highest BCUT2D eigenvalue weighted by Crippen LogP contribution is 2.16. The summed E-state index contributed by atoms with van der Waals surface area (Å²) in [6.07, 6.45) is 1.79. The van der Waals surface area contributed by atoms with Crippen LogP contribution < -0.4 is 16.0 Å². The molecule has 3 atom stereocenters. The molecule has 1 saturated heterocycles. The zero-order valence-electron chi connectivity index (χ0n) is 14.3. The highest BCUT2D eigenvalue weighted by atomic mass is 16.2. The summed E-state index contributed by atoms with van der Waals surface area (Å²) in [6.45, 7) is 8.15. The zero-order chi connectivity index (χ0) is 17.0. The second-order valence-electron chi connectivity index (χ2n) is 6.76. The maximum absolute atomic E-state index is 12.3. The average molecular weight is 318 g/mol. The van der Waals surface area contributed by atoms with Crippen molar-refractivity contribution in [2.24, 2.45) is 11.7 Å². The van der Waals surface area contributed by atoms with Gasteiger partial charge >= 0.3 is 0 Å². The average Bonchev–Trinajstić information content (AvgIpc) is 2.50. The number of rotatable bonds is 5. The van der Waals surface area contributed by atoms with Crippen LogP contribution in [0.1, 0.15) is 42.5 Å². The van der Waals surface area contributed by atoms with Crippen molar-refractivity contribution in [3.05, 3.63) is 34.9 Å². The van der Waals surface area contributed by atoms with Crippen molar-refractivity contribution in [2.75, 3.05) is 19.6 Å². The number of carbonyl (C=O) groups is 2. The molecule has 2 amide bonds. The second-order valence-corrected chi connectivity index (χ2v) is 6.76. The summed E-state index contributed by atoms with van der Waals surface area (Å²) >= 11 is 0. The zero-order valence-corrected chi connectivity index (χ0v) is 14.3. The number of benzene rings is 1. The topological polar surface area (TPSA) is 76.6 Å². The Morgan fingerprint density at radius 2 is 2.09 bits per heavy atom. The minimum atomic E-state index is -0.244. The van der Waals surface area contributed by atoms with Gasteiger partial charge in [-0.1, -0.05) is 18.2 Å². The van der Waals surface area contributed by atoms with Crippen molar-refractivity contribution in [3.8, 4) is 0 Å². The molecule has 4 N–H and O–H groups in total. The van der Waals surface area contributed by atoms with Gasteiger partial charge in [0.1, 0.15) is 0 Å². The van der Waals surface area contributed by atoms with E-state index in [1.807, 2.05) is 6.92 Å². The maximum Gasteiger partial charge on any atom is 0.275 e. The lowest BCUT2D eigenvalue weighted by molar-refractivity contribution is -0.899. The molecule has 5 nitrogen and oxygen atoms in total. The number of likely N-dealkylation sites (tertiary alicyclic amines) is 1. The Balaban J connectivity index is 1.88. The quantitative estimate of drug-likeness (QED) is 0.728. The standard InChI is InChI=1S/C18H27N3O2/c1-12-6-7-15(9-13(12)2)14(3)20-17(22)11-21-8-4-5-16(10-21)18(19)23/h6-7,9,14,16H,4-5,8,10-11H2,1-3H3,(H2,19,23)(H,20,22)/p+1/t14-,16-/m0/s1. The lowest BCUT2D eigenvalue weighted by atomic mass is 9.97. The molecule has 2 rings (SSSR count). The first-order valence-electron chi connectivity index (χ1n) is 8.36. The van der Waals surface area contributed by atoms with E-state index in [1.54, 1.807) is 0 Å². The number of carbonyl (C=O) groups excluding carboxylic acids is 2. The molecule has 23 heavy (non-hydrogen) atoms. The number of nitrogens with one attached hydrogen (secondary N) is 2. The molecule has 0 aromatic heterocycles. The highest BCUT2D eigenvalue weighted by molar-refractivity contribution is 5.78. The summed E-state index contributed by atoms with van der Waals surface area (Å²) in [7, 11) is 0. The number of piperidine rings is 1. The minimum absolute atomic E-state index is 0.0158. The Kier molecular flexibility index (Phi) is 5.77. The Morgan fingerprint density at radius 1 is 1.35 bits per heavy atom. The third-order valence-corrected chi connectivity index (χ3v) is 4.84. The van der Waals surface area contributed by atoms with Crippen molar-refractivity contribution in [1.29, 1.82) is 0 Å². The third-order valence-electron chi connectivity index (χ3n) is 4.84. The number of quaternary nitrogens is 1.